The van der Waals surface area contributed by atoms with E-state index in [0.29, 0.717) is 24.3 Å². The number of hydrogen-bond acceptors (Lipinski definition) is 3. The Kier molecular flexibility index (Phi) is 2.90. The van der Waals surface area contributed by atoms with E-state index in [0.717, 1.165) is 10.9 Å². The lowest BCUT2D eigenvalue weighted by Gasteiger charge is -2.41. The van der Waals surface area contributed by atoms with Gasteiger partial charge in [-0.2, -0.15) is 0 Å². The first-order valence-corrected chi connectivity index (χ1v) is 6.88. The van der Waals surface area contributed by atoms with Crippen LogP contribution in [0.25, 0.3) is 10.9 Å². The average Bonchev–Trinajstić information content (AvgIpc) is 2.84. The lowest BCUT2D eigenvalue weighted by Crippen LogP contribution is -2.63. The number of nitrogen functional groups attached to an aromatic ring is 1. The molecule has 2 heterocycles. The van der Waals surface area contributed by atoms with Crippen LogP contribution in [-0.2, 0) is 4.79 Å². The molecule has 3 rings (SSSR count). The Bertz CT molecular complexity index is 732. The first kappa shape index (κ1) is 13.5. The summed E-state index contributed by atoms with van der Waals surface area (Å²) in [6.45, 7) is 4.47. The van der Waals surface area contributed by atoms with Crippen LogP contribution in [-0.4, -0.2) is 40.3 Å². The van der Waals surface area contributed by atoms with Gasteiger partial charge in [-0.25, -0.2) is 0 Å². The molecule has 1 fully saturated rings. The Morgan fingerprint density at radius 1 is 1.38 bits per heavy atom. The van der Waals surface area contributed by atoms with Crippen molar-refractivity contribution in [3.05, 3.63) is 30.0 Å². The van der Waals surface area contributed by atoms with Crippen LogP contribution in [0.4, 0.5) is 5.69 Å². The summed E-state index contributed by atoms with van der Waals surface area (Å²) in [5, 5.41) is 3.57. The normalized spacial score (nSPS) is 17.8. The summed E-state index contributed by atoms with van der Waals surface area (Å²) in [4.78, 5) is 29.5. The van der Waals surface area contributed by atoms with Gasteiger partial charge in [0.25, 0.3) is 5.91 Å². The van der Waals surface area contributed by atoms with Gasteiger partial charge in [-0.15, -0.1) is 0 Å². The van der Waals surface area contributed by atoms with Gasteiger partial charge in [0, 0.05) is 35.9 Å². The Morgan fingerprint density at radius 3 is 2.90 bits per heavy atom. The number of hydrogen-bond donors (Lipinski definition) is 3. The molecule has 6 nitrogen and oxygen atoms in total. The number of nitrogens with two attached hydrogens (primary N) is 1. The van der Waals surface area contributed by atoms with Gasteiger partial charge in [-0.05, 0) is 32.0 Å². The number of carbonyl (C=O) groups excluding carboxylic acids is 2. The Labute approximate surface area is 122 Å². The molecule has 1 aromatic carbocycles. The van der Waals surface area contributed by atoms with Crippen molar-refractivity contribution in [1.82, 2.24) is 15.2 Å². The maximum absolute atomic E-state index is 12.8. The molecule has 0 aliphatic carbocycles. The molecule has 0 spiro atoms. The summed E-state index contributed by atoms with van der Waals surface area (Å²) in [5.74, 6) is -0.298. The molecule has 110 valence electrons. The number of nitrogens with one attached hydrogen (secondary N) is 2. The molecule has 1 aliphatic rings. The third-order valence-corrected chi connectivity index (χ3v) is 4.03. The van der Waals surface area contributed by atoms with E-state index in [2.05, 4.69) is 10.3 Å². The second kappa shape index (κ2) is 4.51. The number of anilines is 1. The van der Waals surface area contributed by atoms with Gasteiger partial charge in [0.1, 0.15) is 5.54 Å². The monoisotopic (exact) mass is 286 g/mol. The van der Waals surface area contributed by atoms with E-state index in [4.69, 9.17) is 5.73 Å². The Hall–Kier alpha value is -2.50. The minimum absolute atomic E-state index is 0.138. The number of amides is 2. The molecule has 1 saturated heterocycles. The lowest BCUT2D eigenvalue weighted by atomic mass is 9.97. The van der Waals surface area contributed by atoms with Crippen LogP contribution < -0.4 is 11.1 Å². The minimum atomic E-state index is -0.862. The summed E-state index contributed by atoms with van der Waals surface area (Å²) < 4.78 is 0. The highest BCUT2D eigenvalue weighted by atomic mass is 16.2. The van der Waals surface area contributed by atoms with Crippen LogP contribution in [0, 0.1) is 0 Å². The molecule has 0 atom stereocenters. The minimum Gasteiger partial charge on any atom is -0.399 e. The number of nitrogens with zero attached hydrogens (tertiary/aromatic N) is 1. The third kappa shape index (κ3) is 2.03. The standard InChI is InChI=1S/C15H18N4O2/c1-15(2)14(21)17-5-6-19(15)13(20)11-8-18-12-4-3-9(16)7-10(11)12/h3-4,7-8,18H,5-6,16H2,1-2H3,(H,17,21). The highest BCUT2D eigenvalue weighted by Gasteiger charge is 2.41. The fourth-order valence-corrected chi connectivity index (χ4v) is 2.72. The van der Waals surface area contributed by atoms with E-state index in [1.165, 1.54) is 0 Å². The Balaban J connectivity index is 2.04. The zero-order chi connectivity index (χ0) is 15.2. The number of H-pyrrole nitrogens is 1. The van der Waals surface area contributed by atoms with Crippen LogP contribution in [0.2, 0.25) is 0 Å². The first-order valence-electron chi connectivity index (χ1n) is 6.88. The molecule has 0 saturated carbocycles. The summed E-state index contributed by atoms with van der Waals surface area (Å²) in [6, 6.07) is 5.40. The first-order chi connectivity index (χ1) is 9.91. The highest BCUT2D eigenvalue weighted by Crippen LogP contribution is 2.26. The average molecular weight is 286 g/mol. The molecule has 0 unspecified atom stereocenters. The number of fused-ring (bicyclic) bond motifs is 1. The number of piperazine rings is 1. The van der Waals surface area contributed by atoms with Crippen LogP contribution in [0.1, 0.15) is 24.2 Å². The second-order valence-electron chi connectivity index (χ2n) is 5.78. The SMILES string of the molecule is CC1(C)C(=O)NCCN1C(=O)c1c[nH]c2ccc(N)cc12. The van der Waals surface area contributed by atoms with E-state index in [9.17, 15) is 9.59 Å². The van der Waals surface area contributed by atoms with Gasteiger partial charge in [0.15, 0.2) is 0 Å². The number of aromatic nitrogens is 1. The topological polar surface area (TPSA) is 91.2 Å². The van der Waals surface area contributed by atoms with Gasteiger partial charge in [0.2, 0.25) is 5.91 Å². The molecule has 0 bridgehead atoms. The van der Waals surface area contributed by atoms with E-state index in [1.807, 2.05) is 6.07 Å². The molecular formula is C15H18N4O2. The zero-order valence-corrected chi connectivity index (χ0v) is 12.1. The fourth-order valence-electron chi connectivity index (χ4n) is 2.72. The molecule has 2 aromatic rings. The summed E-state index contributed by atoms with van der Waals surface area (Å²) in [5.41, 5.74) is 6.94. The molecule has 4 N–H and O–H groups in total. The zero-order valence-electron chi connectivity index (χ0n) is 12.1. The van der Waals surface area contributed by atoms with Crippen LogP contribution in [0.15, 0.2) is 24.4 Å². The van der Waals surface area contributed by atoms with Crippen molar-refractivity contribution in [3.8, 4) is 0 Å². The van der Waals surface area contributed by atoms with Crippen molar-refractivity contribution in [1.29, 1.82) is 0 Å². The Morgan fingerprint density at radius 2 is 2.14 bits per heavy atom. The number of rotatable bonds is 1. The largest absolute Gasteiger partial charge is 0.399 e. The summed E-state index contributed by atoms with van der Waals surface area (Å²) in [7, 11) is 0. The fraction of sp³-hybridized carbons (Fsp3) is 0.333. The number of benzene rings is 1. The quantitative estimate of drug-likeness (QED) is 0.686. The van der Waals surface area contributed by atoms with Crippen molar-refractivity contribution in [3.63, 3.8) is 0 Å². The molecule has 0 radical (unpaired) electrons. The van der Waals surface area contributed by atoms with E-state index in [1.54, 1.807) is 37.1 Å². The van der Waals surface area contributed by atoms with Gasteiger partial charge in [0.05, 0.1) is 5.56 Å². The molecule has 1 aliphatic heterocycles. The highest BCUT2D eigenvalue weighted by molar-refractivity contribution is 6.09. The predicted octanol–water partition coefficient (Wildman–Crippen LogP) is 1.10. The second-order valence-corrected chi connectivity index (χ2v) is 5.78. The maximum Gasteiger partial charge on any atom is 0.256 e. The molecule has 1 aromatic heterocycles. The lowest BCUT2D eigenvalue weighted by molar-refractivity contribution is -0.133. The van der Waals surface area contributed by atoms with Crippen molar-refractivity contribution in [2.24, 2.45) is 0 Å². The van der Waals surface area contributed by atoms with Gasteiger partial charge in [-0.1, -0.05) is 0 Å². The van der Waals surface area contributed by atoms with Gasteiger partial charge < -0.3 is 20.9 Å². The third-order valence-electron chi connectivity index (χ3n) is 4.03. The van der Waals surface area contributed by atoms with Crippen molar-refractivity contribution in [2.45, 2.75) is 19.4 Å². The van der Waals surface area contributed by atoms with E-state index >= 15 is 0 Å². The number of carbonyl (C=O) groups is 2. The molecule has 21 heavy (non-hydrogen) atoms. The molecular weight excluding hydrogens is 268 g/mol. The van der Waals surface area contributed by atoms with Crippen molar-refractivity contribution < 1.29 is 9.59 Å². The van der Waals surface area contributed by atoms with Crippen molar-refractivity contribution >= 4 is 28.4 Å². The number of aromatic amines is 1. The summed E-state index contributed by atoms with van der Waals surface area (Å²) >= 11 is 0. The van der Waals surface area contributed by atoms with E-state index < -0.39 is 5.54 Å². The van der Waals surface area contributed by atoms with Crippen LogP contribution in [0.5, 0.6) is 0 Å². The van der Waals surface area contributed by atoms with Gasteiger partial charge >= 0.3 is 0 Å². The molecule has 2 amide bonds. The smallest absolute Gasteiger partial charge is 0.256 e. The van der Waals surface area contributed by atoms with Crippen molar-refractivity contribution in [2.75, 3.05) is 18.8 Å². The van der Waals surface area contributed by atoms with E-state index in [-0.39, 0.29) is 11.8 Å². The van der Waals surface area contributed by atoms with Crippen LogP contribution >= 0.6 is 0 Å². The molecule has 6 heteroatoms. The van der Waals surface area contributed by atoms with Crippen LogP contribution in [0.3, 0.4) is 0 Å². The summed E-state index contributed by atoms with van der Waals surface area (Å²) in [6.07, 6.45) is 1.68. The van der Waals surface area contributed by atoms with Gasteiger partial charge in [-0.3, -0.25) is 9.59 Å². The maximum atomic E-state index is 12.8. The predicted molar refractivity (Wildman–Crippen MR) is 80.8 cm³/mol.